The molecule has 0 aliphatic carbocycles. The third-order valence-electron chi connectivity index (χ3n) is 5.64. The third kappa shape index (κ3) is 4.15. The van der Waals surface area contributed by atoms with Gasteiger partial charge < -0.3 is 14.7 Å². The van der Waals surface area contributed by atoms with Crippen molar-refractivity contribution in [2.24, 2.45) is 0 Å². The van der Waals surface area contributed by atoms with Crippen molar-refractivity contribution in [3.63, 3.8) is 0 Å². The number of hydrogen-bond acceptors (Lipinski definition) is 3. The molecule has 0 radical (unpaired) electrons. The number of benzene rings is 2. The Labute approximate surface area is 176 Å². The standard InChI is InChI=1S/C23H24ClN3O2/c1-17(28)27-10-9-18-5-2-3-8-21(18)22(27)16-23(29)26-13-11-25(12-14-26)20-7-4-6-19(24)15-20/h2-10,15,22H,11-14,16H2,1H3. The SMILES string of the molecule is CC(=O)N1C=Cc2ccccc2C1CC(=O)N1CCN(c2cccc(Cl)c2)CC1. The highest BCUT2D eigenvalue weighted by molar-refractivity contribution is 6.30. The van der Waals surface area contributed by atoms with Crippen molar-refractivity contribution in [2.45, 2.75) is 19.4 Å². The molecule has 0 saturated carbocycles. The Hall–Kier alpha value is -2.79. The van der Waals surface area contributed by atoms with Gasteiger partial charge in [-0.15, -0.1) is 0 Å². The molecule has 2 amide bonds. The summed E-state index contributed by atoms with van der Waals surface area (Å²) in [5.41, 5.74) is 3.17. The summed E-state index contributed by atoms with van der Waals surface area (Å²) < 4.78 is 0. The molecule has 1 atom stereocenters. The lowest BCUT2D eigenvalue weighted by Gasteiger charge is -2.38. The Balaban J connectivity index is 1.44. The maximum absolute atomic E-state index is 13.1. The van der Waals surface area contributed by atoms with E-state index < -0.39 is 0 Å². The molecule has 1 unspecified atom stereocenters. The highest BCUT2D eigenvalue weighted by atomic mass is 35.5. The van der Waals surface area contributed by atoms with E-state index in [1.807, 2.05) is 59.5 Å². The molecule has 0 bridgehead atoms. The van der Waals surface area contributed by atoms with Crippen LogP contribution in [0.1, 0.15) is 30.5 Å². The van der Waals surface area contributed by atoms with Gasteiger partial charge in [0, 0.05) is 50.0 Å². The second-order valence-corrected chi connectivity index (χ2v) is 7.88. The van der Waals surface area contributed by atoms with E-state index in [1.54, 1.807) is 18.0 Å². The molecule has 4 rings (SSSR count). The first-order valence-electron chi connectivity index (χ1n) is 9.87. The van der Waals surface area contributed by atoms with Crippen LogP contribution in [0, 0.1) is 0 Å². The van der Waals surface area contributed by atoms with E-state index >= 15 is 0 Å². The normalized spacial score (nSPS) is 18.6. The predicted molar refractivity (Wildman–Crippen MR) is 116 cm³/mol. The Morgan fingerprint density at radius 1 is 1.03 bits per heavy atom. The highest BCUT2D eigenvalue weighted by Crippen LogP contribution is 2.33. The number of anilines is 1. The Morgan fingerprint density at radius 2 is 1.79 bits per heavy atom. The Kier molecular flexibility index (Phi) is 5.58. The number of amides is 2. The molecule has 0 aromatic heterocycles. The highest BCUT2D eigenvalue weighted by Gasteiger charge is 2.31. The van der Waals surface area contributed by atoms with Crippen molar-refractivity contribution in [2.75, 3.05) is 31.1 Å². The zero-order chi connectivity index (χ0) is 20.4. The molecule has 5 nitrogen and oxygen atoms in total. The maximum atomic E-state index is 13.1. The lowest BCUT2D eigenvalue weighted by Crippen LogP contribution is -2.49. The summed E-state index contributed by atoms with van der Waals surface area (Å²) in [6.45, 7) is 4.40. The average Bonchev–Trinajstić information content (AvgIpc) is 2.74. The molecule has 2 aliphatic heterocycles. The van der Waals surface area contributed by atoms with Gasteiger partial charge in [0.1, 0.15) is 0 Å². The molecule has 0 N–H and O–H groups in total. The lowest BCUT2D eigenvalue weighted by molar-refractivity contribution is -0.134. The van der Waals surface area contributed by atoms with Gasteiger partial charge in [-0.1, -0.05) is 41.9 Å². The summed E-state index contributed by atoms with van der Waals surface area (Å²) in [7, 11) is 0. The first-order valence-corrected chi connectivity index (χ1v) is 10.2. The van der Waals surface area contributed by atoms with E-state index in [1.165, 1.54) is 0 Å². The predicted octanol–water partition coefficient (Wildman–Crippen LogP) is 3.95. The van der Waals surface area contributed by atoms with E-state index in [2.05, 4.69) is 4.90 Å². The molecule has 150 valence electrons. The van der Waals surface area contributed by atoms with Gasteiger partial charge in [0.25, 0.3) is 0 Å². The van der Waals surface area contributed by atoms with Crippen molar-refractivity contribution in [3.05, 3.63) is 70.9 Å². The van der Waals surface area contributed by atoms with Crippen molar-refractivity contribution >= 4 is 35.2 Å². The zero-order valence-corrected chi connectivity index (χ0v) is 17.2. The fourth-order valence-corrected chi connectivity index (χ4v) is 4.28. The van der Waals surface area contributed by atoms with Crippen LogP contribution < -0.4 is 4.90 Å². The molecule has 1 fully saturated rings. The van der Waals surface area contributed by atoms with Crippen LogP contribution in [-0.4, -0.2) is 47.8 Å². The van der Waals surface area contributed by atoms with Crippen molar-refractivity contribution in [1.82, 2.24) is 9.80 Å². The van der Waals surface area contributed by atoms with E-state index in [9.17, 15) is 9.59 Å². The molecule has 2 aliphatic rings. The maximum Gasteiger partial charge on any atom is 0.225 e. The summed E-state index contributed by atoms with van der Waals surface area (Å²) in [4.78, 5) is 31.0. The average molecular weight is 410 g/mol. The second-order valence-electron chi connectivity index (χ2n) is 7.44. The summed E-state index contributed by atoms with van der Waals surface area (Å²) in [6.07, 6.45) is 4.01. The van der Waals surface area contributed by atoms with Crippen LogP contribution in [0.2, 0.25) is 5.02 Å². The fraction of sp³-hybridized carbons (Fsp3) is 0.304. The lowest BCUT2D eigenvalue weighted by atomic mass is 9.93. The van der Waals surface area contributed by atoms with Gasteiger partial charge in [0.2, 0.25) is 11.8 Å². The number of piperazine rings is 1. The number of nitrogens with zero attached hydrogens (tertiary/aromatic N) is 3. The molecule has 0 spiro atoms. The second kappa shape index (κ2) is 8.29. The van der Waals surface area contributed by atoms with Crippen LogP contribution in [-0.2, 0) is 9.59 Å². The molecule has 29 heavy (non-hydrogen) atoms. The molecular weight excluding hydrogens is 386 g/mol. The van der Waals surface area contributed by atoms with Crippen LogP contribution >= 0.6 is 11.6 Å². The quantitative estimate of drug-likeness (QED) is 0.770. The minimum atomic E-state index is -0.257. The number of hydrogen-bond donors (Lipinski definition) is 0. The van der Waals surface area contributed by atoms with Gasteiger partial charge in [-0.3, -0.25) is 9.59 Å². The third-order valence-corrected chi connectivity index (χ3v) is 5.88. The van der Waals surface area contributed by atoms with Gasteiger partial charge >= 0.3 is 0 Å². The molecule has 2 aromatic carbocycles. The minimum Gasteiger partial charge on any atom is -0.368 e. The van der Waals surface area contributed by atoms with Crippen LogP contribution in [0.3, 0.4) is 0 Å². The van der Waals surface area contributed by atoms with Crippen LogP contribution in [0.25, 0.3) is 6.08 Å². The van der Waals surface area contributed by atoms with Gasteiger partial charge in [-0.05, 0) is 35.4 Å². The zero-order valence-electron chi connectivity index (χ0n) is 16.4. The van der Waals surface area contributed by atoms with Crippen molar-refractivity contribution in [1.29, 1.82) is 0 Å². The van der Waals surface area contributed by atoms with Crippen molar-refractivity contribution in [3.8, 4) is 0 Å². The monoisotopic (exact) mass is 409 g/mol. The summed E-state index contributed by atoms with van der Waals surface area (Å²) in [6, 6.07) is 15.5. The van der Waals surface area contributed by atoms with Crippen LogP contribution in [0.15, 0.2) is 54.7 Å². The summed E-state index contributed by atoms with van der Waals surface area (Å²) in [5, 5.41) is 0.717. The van der Waals surface area contributed by atoms with E-state index in [0.717, 1.165) is 29.9 Å². The summed E-state index contributed by atoms with van der Waals surface area (Å²) >= 11 is 6.10. The molecule has 6 heteroatoms. The Bertz CT molecular complexity index is 951. The molecular formula is C23H24ClN3O2. The first kappa shape index (κ1) is 19.5. The molecule has 2 heterocycles. The number of fused-ring (bicyclic) bond motifs is 1. The fourth-order valence-electron chi connectivity index (χ4n) is 4.09. The smallest absolute Gasteiger partial charge is 0.225 e. The number of carbonyl (C=O) groups is 2. The molecule has 1 saturated heterocycles. The largest absolute Gasteiger partial charge is 0.368 e. The number of halogens is 1. The van der Waals surface area contributed by atoms with Gasteiger partial charge in [0.15, 0.2) is 0 Å². The Morgan fingerprint density at radius 3 is 2.52 bits per heavy atom. The molecule has 2 aromatic rings. The number of rotatable bonds is 3. The van der Waals surface area contributed by atoms with Crippen LogP contribution in [0.4, 0.5) is 5.69 Å². The van der Waals surface area contributed by atoms with E-state index in [0.29, 0.717) is 18.1 Å². The van der Waals surface area contributed by atoms with Crippen molar-refractivity contribution < 1.29 is 9.59 Å². The topological polar surface area (TPSA) is 43.9 Å². The van der Waals surface area contributed by atoms with Gasteiger partial charge in [-0.25, -0.2) is 0 Å². The first-order chi connectivity index (χ1) is 14.0. The summed E-state index contributed by atoms with van der Waals surface area (Å²) in [5.74, 6) is 0.0245. The van der Waals surface area contributed by atoms with Gasteiger partial charge in [0.05, 0.1) is 12.5 Å². The van der Waals surface area contributed by atoms with Gasteiger partial charge in [-0.2, -0.15) is 0 Å². The minimum absolute atomic E-state index is 0.0562. The van der Waals surface area contributed by atoms with E-state index in [4.69, 9.17) is 11.6 Å². The van der Waals surface area contributed by atoms with Crippen LogP contribution in [0.5, 0.6) is 0 Å². The van der Waals surface area contributed by atoms with E-state index in [-0.39, 0.29) is 24.3 Å². The number of carbonyl (C=O) groups excluding carboxylic acids is 2.